The molecule has 3 rings (SSSR count). The van der Waals surface area contributed by atoms with Crippen LogP contribution in [0.4, 0.5) is 0 Å². The Morgan fingerprint density at radius 1 is 1.15 bits per heavy atom. The molecule has 0 heterocycles. The van der Waals surface area contributed by atoms with Gasteiger partial charge in [-0.15, -0.1) is 0 Å². The summed E-state index contributed by atoms with van der Waals surface area (Å²) in [7, 11) is 0. The van der Waals surface area contributed by atoms with E-state index in [-0.39, 0.29) is 31.4 Å². The monoisotopic (exact) mass is 578 g/mol. The molecule has 7 nitrogen and oxygen atoms in total. The van der Waals surface area contributed by atoms with Crippen LogP contribution in [-0.4, -0.2) is 58.3 Å². The van der Waals surface area contributed by atoms with Crippen LogP contribution in [0.15, 0.2) is 66.2 Å². The number of carbonyl (C=O) groups excluding carboxylic acids is 2. The molecule has 2 aromatic rings. The van der Waals surface area contributed by atoms with Crippen molar-refractivity contribution in [2.24, 2.45) is 0 Å². The van der Waals surface area contributed by atoms with E-state index in [1.165, 1.54) is 0 Å². The maximum atomic E-state index is 13.2. The van der Waals surface area contributed by atoms with E-state index >= 15 is 0 Å². The third-order valence-corrected chi connectivity index (χ3v) is 6.59. The molecule has 8 heteroatoms. The molecule has 0 saturated carbocycles. The third kappa shape index (κ3) is 6.80. The second-order valence-corrected chi connectivity index (χ2v) is 9.37. The molecule has 0 unspecified atom stereocenters. The lowest BCUT2D eigenvalue weighted by Crippen LogP contribution is -2.54. The van der Waals surface area contributed by atoms with Gasteiger partial charge >= 0.3 is 0 Å². The van der Waals surface area contributed by atoms with Gasteiger partial charge in [0.05, 0.1) is 16.2 Å². The maximum Gasteiger partial charge on any atom is 0.247 e. The number of carbonyl (C=O) groups is 2. The molecule has 0 aromatic heterocycles. The van der Waals surface area contributed by atoms with E-state index in [4.69, 9.17) is 9.84 Å². The SMILES string of the molecule is CCCC(=O)N(Cc1ccccc1)[C@@H]1CC(C(=O)NCCO)=C[C@H](Oc2ccccc2I)[C@H]1O. The Kier molecular flexibility index (Phi) is 9.91. The number of aliphatic hydroxyl groups excluding tert-OH is 2. The predicted molar refractivity (Wildman–Crippen MR) is 138 cm³/mol. The van der Waals surface area contributed by atoms with Crippen LogP contribution in [0.25, 0.3) is 0 Å². The van der Waals surface area contributed by atoms with E-state index < -0.39 is 18.2 Å². The van der Waals surface area contributed by atoms with Gasteiger partial charge in [-0.3, -0.25) is 9.59 Å². The highest BCUT2D eigenvalue weighted by Crippen LogP contribution is 2.30. The Bertz CT molecular complexity index is 998. The van der Waals surface area contributed by atoms with Crippen LogP contribution in [0, 0.1) is 3.57 Å². The second kappa shape index (κ2) is 12.9. The molecule has 3 N–H and O–H groups in total. The number of rotatable bonds is 10. The number of hydrogen-bond donors (Lipinski definition) is 3. The summed E-state index contributed by atoms with van der Waals surface area (Å²) < 4.78 is 7.02. The highest BCUT2D eigenvalue weighted by molar-refractivity contribution is 14.1. The van der Waals surface area contributed by atoms with Crippen LogP contribution < -0.4 is 10.1 Å². The summed E-state index contributed by atoms with van der Waals surface area (Å²) in [6.45, 7) is 2.20. The zero-order valence-corrected chi connectivity index (χ0v) is 21.4. The van der Waals surface area contributed by atoms with Crippen molar-refractivity contribution in [2.45, 2.75) is 51.0 Å². The first-order chi connectivity index (χ1) is 16.4. The number of nitrogens with one attached hydrogen (secondary N) is 1. The number of nitrogens with zero attached hydrogens (tertiary/aromatic N) is 1. The molecule has 182 valence electrons. The van der Waals surface area contributed by atoms with Crippen LogP contribution in [0.2, 0.25) is 0 Å². The number of amides is 2. The minimum absolute atomic E-state index is 0.0829. The van der Waals surface area contributed by atoms with Gasteiger partial charge in [0.15, 0.2) is 0 Å². The summed E-state index contributed by atoms with van der Waals surface area (Å²) >= 11 is 2.16. The fourth-order valence-electron chi connectivity index (χ4n) is 3.99. The summed E-state index contributed by atoms with van der Waals surface area (Å²) in [6.07, 6.45) is 0.976. The summed E-state index contributed by atoms with van der Waals surface area (Å²) in [5, 5.41) is 23.2. The molecule has 0 fully saturated rings. The van der Waals surface area contributed by atoms with Gasteiger partial charge in [0.2, 0.25) is 11.8 Å². The summed E-state index contributed by atoms with van der Waals surface area (Å²) in [5.41, 5.74) is 1.36. The molecule has 0 bridgehead atoms. The molecule has 0 aliphatic heterocycles. The molecule has 3 atom stereocenters. The number of aliphatic hydroxyl groups is 2. The van der Waals surface area contributed by atoms with Crippen molar-refractivity contribution in [3.63, 3.8) is 0 Å². The van der Waals surface area contributed by atoms with Gasteiger partial charge in [-0.1, -0.05) is 49.4 Å². The number of benzene rings is 2. The smallest absolute Gasteiger partial charge is 0.247 e. The summed E-state index contributed by atoms with van der Waals surface area (Å²) in [6, 6.07) is 16.4. The topological polar surface area (TPSA) is 99.1 Å². The largest absolute Gasteiger partial charge is 0.482 e. The van der Waals surface area contributed by atoms with Crippen LogP contribution >= 0.6 is 22.6 Å². The lowest BCUT2D eigenvalue weighted by atomic mass is 9.87. The molecular weight excluding hydrogens is 547 g/mol. The second-order valence-electron chi connectivity index (χ2n) is 8.20. The van der Waals surface area contributed by atoms with Crippen molar-refractivity contribution >= 4 is 34.4 Å². The van der Waals surface area contributed by atoms with Gasteiger partial charge in [-0.25, -0.2) is 0 Å². The summed E-state index contributed by atoms with van der Waals surface area (Å²) in [4.78, 5) is 27.7. The van der Waals surface area contributed by atoms with E-state index in [1.54, 1.807) is 17.0 Å². The summed E-state index contributed by atoms with van der Waals surface area (Å²) in [5.74, 6) is 0.166. The first-order valence-corrected chi connectivity index (χ1v) is 12.5. The quantitative estimate of drug-likeness (QED) is 0.377. The number of para-hydroxylation sites is 1. The minimum Gasteiger partial charge on any atom is -0.482 e. The van der Waals surface area contributed by atoms with Gasteiger partial charge in [0.25, 0.3) is 0 Å². The molecular formula is C26H31IN2O5. The lowest BCUT2D eigenvalue weighted by Gasteiger charge is -2.40. The van der Waals surface area contributed by atoms with Crippen molar-refractivity contribution in [1.29, 1.82) is 0 Å². The van der Waals surface area contributed by atoms with E-state index in [0.717, 1.165) is 9.13 Å². The van der Waals surface area contributed by atoms with E-state index in [2.05, 4.69) is 27.9 Å². The zero-order chi connectivity index (χ0) is 24.5. The Hall–Kier alpha value is -2.43. The van der Waals surface area contributed by atoms with Gasteiger partial charge in [0.1, 0.15) is 18.0 Å². The van der Waals surface area contributed by atoms with Crippen molar-refractivity contribution in [3.8, 4) is 5.75 Å². The van der Waals surface area contributed by atoms with Crippen LogP contribution in [0.3, 0.4) is 0 Å². The zero-order valence-electron chi connectivity index (χ0n) is 19.2. The van der Waals surface area contributed by atoms with Gasteiger partial charge in [-0.2, -0.15) is 0 Å². The fraction of sp³-hybridized carbons (Fsp3) is 0.385. The molecule has 0 saturated heterocycles. The number of ether oxygens (including phenoxy) is 1. The van der Waals surface area contributed by atoms with E-state index in [9.17, 15) is 14.7 Å². The predicted octanol–water partition coefficient (Wildman–Crippen LogP) is 3.04. The molecule has 1 aliphatic carbocycles. The molecule has 2 aromatic carbocycles. The fourth-order valence-corrected chi connectivity index (χ4v) is 4.51. The number of hydrogen-bond acceptors (Lipinski definition) is 5. The highest BCUT2D eigenvalue weighted by atomic mass is 127. The first-order valence-electron chi connectivity index (χ1n) is 11.5. The van der Waals surface area contributed by atoms with E-state index in [1.807, 2.05) is 55.5 Å². The molecule has 1 aliphatic rings. The lowest BCUT2D eigenvalue weighted by molar-refractivity contribution is -0.139. The van der Waals surface area contributed by atoms with Gasteiger partial charge in [0, 0.05) is 31.5 Å². The van der Waals surface area contributed by atoms with Crippen LogP contribution in [0.5, 0.6) is 5.75 Å². The highest BCUT2D eigenvalue weighted by Gasteiger charge is 2.40. The van der Waals surface area contributed by atoms with Gasteiger partial charge in [-0.05, 0) is 52.8 Å². The average Bonchev–Trinajstić information content (AvgIpc) is 2.84. The van der Waals surface area contributed by atoms with Crippen molar-refractivity contribution in [2.75, 3.05) is 13.2 Å². The molecule has 0 radical (unpaired) electrons. The minimum atomic E-state index is -1.03. The Balaban J connectivity index is 1.95. The normalized spacial score (nSPS) is 19.8. The van der Waals surface area contributed by atoms with Crippen molar-refractivity contribution < 1.29 is 24.5 Å². The maximum absolute atomic E-state index is 13.2. The van der Waals surface area contributed by atoms with Crippen LogP contribution in [0.1, 0.15) is 31.7 Å². The Morgan fingerprint density at radius 2 is 1.85 bits per heavy atom. The molecule has 0 spiro atoms. The third-order valence-electron chi connectivity index (χ3n) is 5.69. The first kappa shape index (κ1) is 26.2. The van der Waals surface area contributed by atoms with Crippen molar-refractivity contribution in [1.82, 2.24) is 10.2 Å². The Labute approximate surface area is 213 Å². The molecule has 2 amide bonds. The van der Waals surface area contributed by atoms with Gasteiger partial charge < -0.3 is 25.2 Å². The van der Waals surface area contributed by atoms with Crippen molar-refractivity contribution in [3.05, 3.63) is 75.4 Å². The Morgan fingerprint density at radius 3 is 2.53 bits per heavy atom. The number of halogens is 1. The average molecular weight is 578 g/mol. The standard InChI is InChI=1S/C26H31IN2O5/c1-2-8-24(31)29(17-18-9-4-3-5-10-18)21-15-19(26(33)28-13-14-30)16-23(25(21)32)34-22-12-7-6-11-20(22)27/h3-7,9-12,16,21,23,25,30,32H,2,8,13-15,17H2,1H3,(H,28,33)/t21-,23+,25+/m1/s1. The van der Waals surface area contributed by atoms with Crippen LogP contribution in [-0.2, 0) is 16.1 Å². The van der Waals surface area contributed by atoms with E-state index in [0.29, 0.717) is 30.7 Å². The molecule has 34 heavy (non-hydrogen) atoms.